The molecule has 3 aromatic rings. The van der Waals surface area contributed by atoms with Crippen molar-refractivity contribution in [3.8, 4) is 0 Å². The number of hydrogen-bond acceptors (Lipinski definition) is 4. The molecule has 0 aliphatic carbocycles. The number of hydrogen-bond donors (Lipinski definition) is 0. The number of aromatic nitrogens is 1. The standard InChI is InChI=1S/C15H12N2O2/c1-18-17-15(12-6-7-19-10-12)13-8-11-4-2-3-5-14(11)16-9-13/h2-10H,1H3. The summed E-state index contributed by atoms with van der Waals surface area (Å²) in [5.74, 6) is 0. The third kappa shape index (κ3) is 2.20. The Labute approximate surface area is 110 Å². The number of oxime groups is 1. The third-order valence-electron chi connectivity index (χ3n) is 2.84. The van der Waals surface area contributed by atoms with E-state index in [0.29, 0.717) is 5.71 Å². The molecule has 4 heteroatoms. The van der Waals surface area contributed by atoms with Crippen LogP contribution in [-0.4, -0.2) is 17.8 Å². The van der Waals surface area contributed by atoms with Crippen LogP contribution in [0.5, 0.6) is 0 Å². The summed E-state index contributed by atoms with van der Waals surface area (Å²) in [6.07, 6.45) is 5.02. The molecule has 0 spiro atoms. The van der Waals surface area contributed by atoms with Gasteiger partial charge in [-0.25, -0.2) is 0 Å². The highest BCUT2D eigenvalue weighted by Gasteiger charge is 2.10. The van der Waals surface area contributed by atoms with Gasteiger partial charge >= 0.3 is 0 Å². The maximum atomic E-state index is 5.09. The number of rotatable bonds is 3. The van der Waals surface area contributed by atoms with Crippen molar-refractivity contribution in [2.45, 2.75) is 0 Å². The van der Waals surface area contributed by atoms with Crippen molar-refractivity contribution in [3.63, 3.8) is 0 Å². The highest BCUT2D eigenvalue weighted by molar-refractivity contribution is 6.13. The molecule has 94 valence electrons. The summed E-state index contributed by atoms with van der Waals surface area (Å²) in [6, 6.07) is 11.8. The first-order chi connectivity index (χ1) is 9.38. The molecule has 0 N–H and O–H groups in total. The monoisotopic (exact) mass is 252 g/mol. The van der Waals surface area contributed by atoms with E-state index in [4.69, 9.17) is 9.25 Å². The molecule has 2 heterocycles. The Balaban J connectivity index is 2.13. The Morgan fingerprint density at radius 3 is 2.89 bits per heavy atom. The van der Waals surface area contributed by atoms with Crippen LogP contribution in [0, 0.1) is 0 Å². The van der Waals surface area contributed by atoms with Crippen LogP contribution in [0.15, 0.2) is 64.7 Å². The predicted octanol–water partition coefficient (Wildman–Crippen LogP) is 3.23. The third-order valence-corrected chi connectivity index (χ3v) is 2.84. The van der Waals surface area contributed by atoms with Gasteiger partial charge in [0.25, 0.3) is 0 Å². The van der Waals surface area contributed by atoms with Crippen molar-refractivity contribution in [1.29, 1.82) is 0 Å². The second-order valence-corrected chi connectivity index (χ2v) is 4.05. The molecule has 2 aromatic heterocycles. The van der Waals surface area contributed by atoms with Crippen LogP contribution in [-0.2, 0) is 4.84 Å². The summed E-state index contributed by atoms with van der Waals surface area (Å²) >= 11 is 0. The number of fused-ring (bicyclic) bond motifs is 1. The summed E-state index contributed by atoms with van der Waals surface area (Å²) < 4.78 is 5.09. The fourth-order valence-corrected chi connectivity index (χ4v) is 1.96. The molecule has 0 saturated heterocycles. The molecule has 0 radical (unpaired) electrons. The van der Waals surface area contributed by atoms with E-state index in [1.807, 2.05) is 36.4 Å². The lowest BCUT2D eigenvalue weighted by Crippen LogP contribution is -2.03. The number of benzene rings is 1. The van der Waals surface area contributed by atoms with Crippen LogP contribution >= 0.6 is 0 Å². The van der Waals surface area contributed by atoms with Gasteiger partial charge < -0.3 is 9.25 Å². The largest absolute Gasteiger partial charge is 0.472 e. The molecule has 0 fully saturated rings. The smallest absolute Gasteiger partial charge is 0.122 e. The molecule has 0 amide bonds. The Hall–Kier alpha value is -2.62. The summed E-state index contributed by atoms with van der Waals surface area (Å²) in [7, 11) is 1.52. The Kier molecular flexibility index (Phi) is 2.98. The Morgan fingerprint density at radius 2 is 2.11 bits per heavy atom. The van der Waals surface area contributed by atoms with E-state index in [0.717, 1.165) is 22.0 Å². The number of furan rings is 1. The van der Waals surface area contributed by atoms with Crippen LogP contribution in [0.1, 0.15) is 11.1 Å². The van der Waals surface area contributed by atoms with E-state index >= 15 is 0 Å². The van der Waals surface area contributed by atoms with Crippen LogP contribution in [0.3, 0.4) is 0 Å². The SMILES string of the molecule is CON=C(c1ccoc1)c1cnc2ccccc2c1. The van der Waals surface area contributed by atoms with Gasteiger partial charge in [0.2, 0.25) is 0 Å². The average molecular weight is 252 g/mol. The molecule has 19 heavy (non-hydrogen) atoms. The van der Waals surface area contributed by atoms with Gasteiger partial charge in [0, 0.05) is 22.7 Å². The predicted molar refractivity (Wildman–Crippen MR) is 73.1 cm³/mol. The van der Waals surface area contributed by atoms with Gasteiger partial charge in [0.15, 0.2) is 0 Å². The molecule has 0 atom stereocenters. The van der Waals surface area contributed by atoms with Gasteiger partial charge in [-0.2, -0.15) is 0 Å². The molecule has 0 unspecified atom stereocenters. The minimum Gasteiger partial charge on any atom is -0.472 e. The van der Waals surface area contributed by atoms with E-state index in [1.165, 1.54) is 7.11 Å². The number of pyridine rings is 1. The van der Waals surface area contributed by atoms with Gasteiger partial charge in [0.1, 0.15) is 12.8 Å². The second-order valence-electron chi connectivity index (χ2n) is 4.05. The lowest BCUT2D eigenvalue weighted by molar-refractivity contribution is 0.214. The highest BCUT2D eigenvalue weighted by Crippen LogP contribution is 2.17. The van der Waals surface area contributed by atoms with E-state index in [2.05, 4.69) is 10.1 Å². The molecule has 0 bridgehead atoms. The first-order valence-electron chi connectivity index (χ1n) is 5.87. The van der Waals surface area contributed by atoms with Crippen molar-refractivity contribution in [2.24, 2.45) is 5.16 Å². The minimum atomic E-state index is 0.703. The molecule has 1 aromatic carbocycles. The van der Waals surface area contributed by atoms with Gasteiger partial charge in [-0.1, -0.05) is 23.4 Å². The molecule has 0 aliphatic rings. The van der Waals surface area contributed by atoms with Gasteiger partial charge in [-0.15, -0.1) is 0 Å². The quantitative estimate of drug-likeness (QED) is 0.531. The number of para-hydroxylation sites is 1. The fraction of sp³-hybridized carbons (Fsp3) is 0.0667. The average Bonchev–Trinajstić information content (AvgIpc) is 2.98. The Morgan fingerprint density at radius 1 is 1.21 bits per heavy atom. The zero-order valence-electron chi connectivity index (χ0n) is 10.4. The zero-order valence-corrected chi connectivity index (χ0v) is 10.4. The summed E-state index contributed by atoms with van der Waals surface area (Å²) in [5, 5.41) is 5.12. The van der Waals surface area contributed by atoms with Crippen LogP contribution in [0.4, 0.5) is 0 Å². The van der Waals surface area contributed by atoms with E-state index < -0.39 is 0 Å². The molecule has 3 rings (SSSR count). The highest BCUT2D eigenvalue weighted by atomic mass is 16.6. The first kappa shape index (κ1) is 11.5. The maximum Gasteiger partial charge on any atom is 0.122 e. The van der Waals surface area contributed by atoms with E-state index in [1.54, 1.807) is 18.7 Å². The molecule has 0 aliphatic heterocycles. The normalized spacial score (nSPS) is 11.7. The zero-order chi connectivity index (χ0) is 13.1. The van der Waals surface area contributed by atoms with Crippen molar-refractivity contribution in [2.75, 3.05) is 7.11 Å². The second kappa shape index (κ2) is 4.94. The van der Waals surface area contributed by atoms with Gasteiger partial charge in [0.05, 0.1) is 18.0 Å². The Bertz CT molecular complexity index is 718. The van der Waals surface area contributed by atoms with Crippen molar-refractivity contribution in [1.82, 2.24) is 4.98 Å². The van der Waals surface area contributed by atoms with Crippen LogP contribution in [0.2, 0.25) is 0 Å². The van der Waals surface area contributed by atoms with Gasteiger partial charge in [-0.05, 0) is 18.2 Å². The molecule has 0 saturated carbocycles. The van der Waals surface area contributed by atoms with E-state index in [9.17, 15) is 0 Å². The van der Waals surface area contributed by atoms with Crippen molar-refractivity contribution in [3.05, 3.63) is 66.2 Å². The van der Waals surface area contributed by atoms with Crippen molar-refractivity contribution >= 4 is 16.6 Å². The lowest BCUT2D eigenvalue weighted by atomic mass is 10.1. The van der Waals surface area contributed by atoms with E-state index in [-0.39, 0.29) is 0 Å². The molecular formula is C15H12N2O2. The topological polar surface area (TPSA) is 47.6 Å². The van der Waals surface area contributed by atoms with Gasteiger partial charge in [-0.3, -0.25) is 4.98 Å². The molecular weight excluding hydrogens is 240 g/mol. The first-order valence-corrected chi connectivity index (χ1v) is 5.87. The van der Waals surface area contributed by atoms with Crippen LogP contribution < -0.4 is 0 Å². The summed E-state index contributed by atoms with van der Waals surface area (Å²) in [6.45, 7) is 0. The molecule has 4 nitrogen and oxygen atoms in total. The van der Waals surface area contributed by atoms with Crippen LogP contribution in [0.25, 0.3) is 10.9 Å². The summed E-state index contributed by atoms with van der Waals surface area (Å²) in [4.78, 5) is 9.34. The number of nitrogens with zero attached hydrogens (tertiary/aromatic N) is 2. The lowest BCUT2D eigenvalue weighted by Gasteiger charge is -2.04. The maximum absolute atomic E-state index is 5.09. The summed E-state index contributed by atoms with van der Waals surface area (Å²) in [5.41, 5.74) is 3.41. The van der Waals surface area contributed by atoms with Crippen molar-refractivity contribution < 1.29 is 9.25 Å². The fourth-order valence-electron chi connectivity index (χ4n) is 1.96. The minimum absolute atomic E-state index is 0.703.